The van der Waals surface area contributed by atoms with E-state index in [4.69, 9.17) is 0 Å². The van der Waals surface area contributed by atoms with Gasteiger partial charge in [-0.3, -0.25) is 9.59 Å². The molecule has 0 bridgehead atoms. The Balaban J connectivity index is 2.97. The predicted molar refractivity (Wildman–Crippen MR) is 53.6 cm³/mol. The molecule has 1 fully saturated rings. The maximum Gasteiger partial charge on any atom is 0.248 e. The maximum atomic E-state index is 11.8. The van der Waals surface area contributed by atoms with E-state index >= 15 is 0 Å². The van der Waals surface area contributed by atoms with Crippen molar-refractivity contribution in [3.63, 3.8) is 0 Å². The van der Waals surface area contributed by atoms with E-state index in [-0.39, 0.29) is 23.8 Å². The number of hydrogen-bond acceptors (Lipinski definition) is 2. The average Bonchev–Trinajstić information content (AvgIpc) is 1.98. The van der Waals surface area contributed by atoms with Crippen LogP contribution in [0.15, 0.2) is 0 Å². The van der Waals surface area contributed by atoms with Crippen molar-refractivity contribution >= 4 is 11.8 Å². The molecule has 0 aromatic heterocycles. The summed E-state index contributed by atoms with van der Waals surface area (Å²) in [7, 11) is 1.69. The number of piperazine rings is 1. The van der Waals surface area contributed by atoms with Gasteiger partial charge in [0.1, 0.15) is 11.6 Å². The Morgan fingerprint density at radius 1 is 1.36 bits per heavy atom. The normalized spacial score (nSPS) is 26.7. The number of hydrogen-bond donors (Lipinski definition) is 1. The number of carbonyl (C=O) groups excluding carboxylic acids is 2. The van der Waals surface area contributed by atoms with Crippen LogP contribution in [0.1, 0.15) is 27.7 Å². The second-order valence-corrected chi connectivity index (χ2v) is 4.72. The summed E-state index contributed by atoms with van der Waals surface area (Å²) in [6.45, 7) is 7.32. The van der Waals surface area contributed by atoms with Gasteiger partial charge in [0.25, 0.3) is 0 Å². The van der Waals surface area contributed by atoms with Crippen molar-refractivity contribution in [1.82, 2.24) is 10.2 Å². The van der Waals surface area contributed by atoms with Gasteiger partial charge in [-0.1, -0.05) is 13.8 Å². The topological polar surface area (TPSA) is 49.4 Å². The summed E-state index contributed by atoms with van der Waals surface area (Å²) >= 11 is 0. The molecule has 1 unspecified atom stereocenters. The Morgan fingerprint density at radius 2 is 1.86 bits per heavy atom. The fourth-order valence-corrected chi connectivity index (χ4v) is 1.93. The highest BCUT2D eigenvalue weighted by molar-refractivity contribution is 5.99. The molecular formula is C10H18N2O2. The molecule has 1 heterocycles. The third kappa shape index (κ3) is 1.61. The Labute approximate surface area is 84.7 Å². The van der Waals surface area contributed by atoms with Crippen LogP contribution in [0.25, 0.3) is 0 Å². The SMILES string of the molecule is CC(C)C1C(=O)NC(C)(C)C(=O)N1C. The standard InChI is InChI=1S/C10H18N2O2/c1-6(2)7-8(13)11-10(3,4)9(14)12(7)5/h6-7H,1-5H3,(H,11,13). The van der Waals surface area contributed by atoms with Crippen molar-refractivity contribution in [2.24, 2.45) is 5.92 Å². The van der Waals surface area contributed by atoms with Crippen molar-refractivity contribution < 1.29 is 9.59 Å². The molecule has 4 heteroatoms. The third-order valence-corrected chi connectivity index (χ3v) is 2.61. The molecule has 80 valence electrons. The number of rotatable bonds is 1. The summed E-state index contributed by atoms with van der Waals surface area (Å²) in [5.41, 5.74) is -0.767. The Bertz CT molecular complexity index is 271. The molecule has 0 aliphatic carbocycles. The quantitative estimate of drug-likeness (QED) is 0.662. The largest absolute Gasteiger partial charge is 0.340 e. The van der Waals surface area contributed by atoms with Crippen LogP contribution in [0.3, 0.4) is 0 Å². The van der Waals surface area contributed by atoms with Gasteiger partial charge in [-0.2, -0.15) is 0 Å². The highest BCUT2D eigenvalue weighted by Crippen LogP contribution is 2.20. The summed E-state index contributed by atoms with van der Waals surface area (Å²) in [6, 6.07) is -0.337. The molecule has 1 aliphatic heterocycles. The number of likely N-dealkylation sites (N-methyl/N-ethyl adjacent to an activating group) is 1. The molecule has 0 aromatic rings. The van der Waals surface area contributed by atoms with Gasteiger partial charge < -0.3 is 10.2 Å². The molecule has 1 atom stereocenters. The maximum absolute atomic E-state index is 11.8. The van der Waals surface area contributed by atoms with E-state index in [1.807, 2.05) is 13.8 Å². The first-order valence-electron chi connectivity index (χ1n) is 4.86. The van der Waals surface area contributed by atoms with Gasteiger partial charge >= 0.3 is 0 Å². The molecule has 0 radical (unpaired) electrons. The minimum atomic E-state index is -0.767. The van der Waals surface area contributed by atoms with Crippen LogP contribution >= 0.6 is 0 Å². The zero-order chi connectivity index (χ0) is 11.1. The highest BCUT2D eigenvalue weighted by Gasteiger charge is 2.44. The molecule has 0 aromatic carbocycles. The Morgan fingerprint density at radius 3 is 2.29 bits per heavy atom. The smallest absolute Gasteiger partial charge is 0.248 e. The average molecular weight is 198 g/mol. The number of carbonyl (C=O) groups is 2. The van der Waals surface area contributed by atoms with E-state index in [2.05, 4.69) is 5.32 Å². The van der Waals surface area contributed by atoms with Crippen LogP contribution in [0.4, 0.5) is 0 Å². The highest BCUT2D eigenvalue weighted by atomic mass is 16.2. The first-order chi connectivity index (χ1) is 6.27. The lowest BCUT2D eigenvalue weighted by molar-refractivity contribution is -0.153. The molecule has 1 aliphatic rings. The molecule has 14 heavy (non-hydrogen) atoms. The predicted octanol–water partition coefficient (Wildman–Crippen LogP) is 0.378. The van der Waals surface area contributed by atoms with Crippen LogP contribution in [-0.2, 0) is 9.59 Å². The second kappa shape index (κ2) is 3.26. The van der Waals surface area contributed by atoms with Crippen LogP contribution in [0.2, 0.25) is 0 Å². The van der Waals surface area contributed by atoms with E-state index in [9.17, 15) is 9.59 Å². The first-order valence-corrected chi connectivity index (χ1v) is 4.86. The van der Waals surface area contributed by atoms with Crippen LogP contribution in [-0.4, -0.2) is 35.3 Å². The summed E-state index contributed by atoms with van der Waals surface area (Å²) in [5, 5.41) is 2.74. The van der Waals surface area contributed by atoms with Crippen molar-refractivity contribution in [2.75, 3.05) is 7.05 Å². The molecule has 1 saturated heterocycles. The Hall–Kier alpha value is -1.06. The number of nitrogens with one attached hydrogen (secondary N) is 1. The van der Waals surface area contributed by atoms with Gasteiger partial charge in [0.05, 0.1) is 0 Å². The zero-order valence-corrected chi connectivity index (χ0v) is 9.42. The Kier molecular flexibility index (Phi) is 2.56. The van der Waals surface area contributed by atoms with Crippen molar-refractivity contribution in [3.8, 4) is 0 Å². The number of amides is 2. The van der Waals surface area contributed by atoms with Gasteiger partial charge in [-0.25, -0.2) is 0 Å². The fourth-order valence-electron chi connectivity index (χ4n) is 1.93. The van der Waals surface area contributed by atoms with Crippen LogP contribution < -0.4 is 5.32 Å². The lowest BCUT2D eigenvalue weighted by Crippen LogP contribution is -2.68. The lowest BCUT2D eigenvalue weighted by atomic mass is 9.92. The third-order valence-electron chi connectivity index (χ3n) is 2.61. The van der Waals surface area contributed by atoms with Crippen LogP contribution in [0.5, 0.6) is 0 Å². The van der Waals surface area contributed by atoms with E-state index in [1.165, 1.54) is 0 Å². The monoisotopic (exact) mass is 198 g/mol. The van der Waals surface area contributed by atoms with E-state index in [1.54, 1.807) is 25.8 Å². The van der Waals surface area contributed by atoms with Gasteiger partial charge in [-0.05, 0) is 19.8 Å². The minimum Gasteiger partial charge on any atom is -0.340 e. The molecule has 1 rings (SSSR count). The van der Waals surface area contributed by atoms with Gasteiger partial charge in [0.15, 0.2) is 0 Å². The molecule has 0 spiro atoms. The zero-order valence-electron chi connectivity index (χ0n) is 9.42. The molecular weight excluding hydrogens is 180 g/mol. The van der Waals surface area contributed by atoms with Crippen LogP contribution in [0, 0.1) is 5.92 Å². The summed E-state index contributed by atoms with van der Waals surface area (Å²) < 4.78 is 0. The van der Waals surface area contributed by atoms with Gasteiger partial charge in [0.2, 0.25) is 11.8 Å². The molecule has 1 N–H and O–H groups in total. The lowest BCUT2D eigenvalue weighted by Gasteiger charge is -2.42. The van der Waals surface area contributed by atoms with E-state index in [0.29, 0.717) is 0 Å². The second-order valence-electron chi connectivity index (χ2n) is 4.72. The minimum absolute atomic E-state index is 0.0317. The van der Waals surface area contributed by atoms with Gasteiger partial charge in [0, 0.05) is 7.05 Å². The first kappa shape index (κ1) is 11.0. The van der Waals surface area contributed by atoms with Crippen molar-refractivity contribution in [3.05, 3.63) is 0 Å². The van der Waals surface area contributed by atoms with E-state index in [0.717, 1.165) is 0 Å². The fraction of sp³-hybridized carbons (Fsp3) is 0.800. The molecule has 4 nitrogen and oxygen atoms in total. The summed E-state index contributed by atoms with van der Waals surface area (Å²) in [5.74, 6) is 0.0444. The van der Waals surface area contributed by atoms with Crippen molar-refractivity contribution in [2.45, 2.75) is 39.3 Å². The number of nitrogens with zero attached hydrogens (tertiary/aromatic N) is 1. The molecule has 2 amide bonds. The molecule has 0 saturated carbocycles. The summed E-state index contributed by atoms with van der Waals surface area (Å²) in [6.07, 6.45) is 0. The van der Waals surface area contributed by atoms with Gasteiger partial charge in [-0.15, -0.1) is 0 Å². The van der Waals surface area contributed by atoms with Crippen molar-refractivity contribution in [1.29, 1.82) is 0 Å². The van der Waals surface area contributed by atoms with E-state index < -0.39 is 5.54 Å². The summed E-state index contributed by atoms with van der Waals surface area (Å²) in [4.78, 5) is 25.1.